The van der Waals surface area contributed by atoms with Crippen molar-refractivity contribution in [2.24, 2.45) is 5.10 Å². The van der Waals surface area contributed by atoms with Crippen LogP contribution in [0.5, 0.6) is 0 Å². The Kier molecular flexibility index (Phi) is 3.19. The summed E-state index contributed by atoms with van der Waals surface area (Å²) in [7, 11) is 0. The van der Waals surface area contributed by atoms with Crippen LogP contribution in [0.3, 0.4) is 0 Å². The molecule has 90 valence electrons. The number of hydrogen-bond acceptors (Lipinski definition) is 5. The second-order valence-corrected chi connectivity index (χ2v) is 4.97. The van der Waals surface area contributed by atoms with Crippen molar-refractivity contribution in [3.63, 3.8) is 0 Å². The number of hydrazone groups is 1. The second kappa shape index (κ2) is 4.62. The Labute approximate surface area is 102 Å². The van der Waals surface area contributed by atoms with Gasteiger partial charge in [0.15, 0.2) is 0 Å². The minimum Gasteiger partial charge on any atom is -0.477 e. The van der Waals surface area contributed by atoms with Gasteiger partial charge in [-0.3, -0.25) is 4.79 Å². The van der Waals surface area contributed by atoms with Crippen molar-refractivity contribution in [2.45, 2.75) is 26.3 Å². The molecule has 0 aliphatic carbocycles. The highest BCUT2D eigenvalue weighted by molar-refractivity contribution is 7.11. The number of aliphatic carboxylic acids is 1. The van der Waals surface area contributed by atoms with Crippen LogP contribution in [0.25, 0.3) is 0 Å². The fraction of sp³-hybridized carbons (Fsp3) is 0.400. The first-order valence-electron chi connectivity index (χ1n) is 5.08. The van der Waals surface area contributed by atoms with Crippen LogP contribution in [0.15, 0.2) is 11.3 Å². The first-order valence-corrected chi connectivity index (χ1v) is 5.90. The Hall–Kier alpha value is -1.76. The first kappa shape index (κ1) is 11.7. The number of carboxylic acid groups (broad SMARTS) is 1. The van der Waals surface area contributed by atoms with Gasteiger partial charge in [-0.1, -0.05) is 0 Å². The summed E-state index contributed by atoms with van der Waals surface area (Å²) in [6.07, 6.45) is 2.08. The van der Waals surface area contributed by atoms with Gasteiger partial charge in [-0.05, 0) is 6.92 Å². The summed E-state index contributed by atoms with van der Waals surface area (Å²) in [5.41, 5.74) is 0.0332. The van der Waals surface area contributed by atoms with Crippen LogP contribution in [-0.2, 0) is 16.1 Å². The topological polar surface area (TPSA) is 82.9 Å². The van der Waals surface area contributed by atoms with Gasteiger partial charge in [0.1, 0.15) is 5.71 Å². The predicted octanol–water partition coefficient (Wildman–Crippen LogP) is 1.01. The van der Waals surface area contributed by atoms with Crippen LogP contribution in [0.1, 0.15) is 22.7 Å². The zero-order valence-electron chi connectivity index (χ0n) is 9.21. The van der Waals surface area contributed by atoms with E-state index >= 15 is 0 Å². The molecule has 1 aliphatic heterocycles. The second-order valence-electron chi connectivity index (χ2n) is 3.65. The van der Waals surface area contributed by atoms with Gasteiger partial charge in [0.05, 0.1) is 11.6 Å². The van der Waals surface area contributed by atoms with Crippen molar-refractivity contribution < 1.29 is 14.7 Å². The van der Waals surface area contributed by atoms with E-state index in [0.29, 0.717) is 6.54 Å². The normalized spacial score (nSPS) is 15.9. The molecule has 0 aromatic carbocycles. The summed E-state index contributed by atoms with van der Waals surface area (Å²) in [6, 6.07) is 0. The number of aryl methyl sites for hydroxylation is 1. The van der Waals surface area contributed by atoms with E-state index in [0.717, 1.165) is 9.88 Å². The van der Waals surface area contributed by atoms with Crippen molar-refractivity contribution in [1.82, 2.24) is 9.99 Å². The Morgan fingerprint density at radius 1 is 1.59 bits per heavy atom. The first-order chi connectivity index (χ1) is 8.06. The highest BCUT2D eigenvalue weighted by Crippen LogP contribution is 2.17. The monoisotopic (exact) mass is 253 g/mol. The van der Waals surface area contributed by atoms with Crippen LogP contribution in [0, 0.1) is 6.92 Å². The summed E-state index contributed by atoms with van der Waals surface area (Å²) in [5, 5.41) is 14.8. The molecule has 0 spiro atoms. The van der Waals surface area contributed by atoms with Crippen molar-refractivity contribution in [3.05, 3.63) is 16.1 Å². The minimum atomic E-state index is -1.07. The standard InChI is InChI=1S/C10H11N3O3S/c1-6-11-4-7(17-6)5-13-9(14)3-2-8(12-13)10(15)16/h4H,2-3,5H2,1H3,(H,15,16). The van der Waals surface area contributed by atoms with E-state index in [1.165, 1.54) is 16.3 Å². The molecular weight excluding hydrogens is 242 g/mol. The Morgan fingerprint density at radius 2 is 2.35 bits per heavy atom. The molecule has 2 heterocycles. The average molecular weight is 253 g/mol. The van der Waals surface area contributed by atoms with Crippen molar-refractivity contribution in [3.8, 4) is 0 Å². The quantitative estimate of drug-likeness (QED) is 0.871. The zero-order valence-corrected chi connectivity index (χ0v) is 10.0. The third-order valence-corrected chi connectivity index (χ3v) is 3.22. The van der Waals surface area contributed by atoms with E-state index in [4.69, 9.17) is 5.11 Å². The molecule has 1 aromatic rings. The molecule has 7 heteroatoms. The lowest BCUT2D eigenvalue weighted by atomic mass is 10.2. The lowest BCUT2D eigenvalue weighted by Gasteiger charge is -2.21. The molecular formula is C10H11N3O3S. The van der Waals surface area contributed by atoms with E-state index in [-0.39, 0.29) is 24.5 Å². The molecule has 0 fully saturated rings. The summed E-state index contributed by atoms with van der Waals surface area (Å²) < 4.78 is 0. The third kappa shape index (κ3) is 2.68. The fourth-order valence-electron chi connectivity index (χ4n) is 1.51. The lowest BCUT2D eigenvalue weighted by molar-refractivity contribution is -0.133. The number of carboxylic acids is 1. The van der Waals surface area contributed by atoms with Gasteiger partial charge in [-0.15, -0.1) is 11.3 Å². The lowest BCUT2D eigenvalue weighted by Crippen LogP contribution is -2.33. The van der Waals surface area contributed by atoms with Gasteiger partial charge in [0.2, 0.25) is 5.91 Å². The summed E-state index contributed by atoms with van der Waals surface area (Å²) in [6.45, 7) is 2.17. The van der Waals surface area contributed by atoms with Gasteiger partial charge in [-0.25, -0.2) is 14.8 Å². The third-order valence-electron chi connectivity index (χ3n) is 2.33. The van der Waals surface area contributed by atoms with E-state index in [1.807, 2.05) is 6.92 Å². The molecule has 6 nitrogen and oxygen atoms in total. The highest BCUT2D eigenvalue weighted by Gasteiger charge is 2.24. The number of hydrogen-bond donors (Lipinski definition) is 1. The van der Waals surface area contributed by atoms with Crippen molar-refractivity contribution in [1.29, 1.82) is 0 Å². The molecule has 1 aromatic heterocycles. The van der Waals surface area contributed by atoms with Gasteiger partial charge < -0.3 is 5.11 Å². The maximum absolute atomic E-state index is 11.6. The predicted molar refractivity (Wildman–Crippen MR) is 61.7 cm³/mol. The highest BCUT2D eigenvalue weighted by atomic mass is 32.1. The van der Waals surface area contributed by atoms with Crippen LogP contribution < -0.4 is 0 Å². The maximum atomic E-state index is 11.6. The average Bonchev–Trinajstić information content (AvgIpc) is 2.67. The number of carbonyl (C=O) groups is 2. The van der Waals surface area contributed by atoms with Crippen molar-refractivity contribution >= 4 is 28.9 Å². The summed E-state index contributed by atoms with van der Waals surface area (Å²) >= 11 is 1.47. The molecule has 0 unspecified atom stereocenters. The maximum Gasteiger partial charge on any atom is 0.352 e. The molecule has 0 atom stereocenters. The van der Waals surface area contributed by atoms with Crippen molar-refractivity contribution in [2.75, 3.05) is 0 Å². The van der Waals surface area contributed by atoms with Gasteiger partial charge in [0.25, 0.3) is 0 Å². The summed E-state index contributed by atoms with van der Waals surface area (Å²) in [5.74, 6) is -1.22. The smallest absolute Gasteiger partial charge is 0.352 e. The molecule has 0 saturated heterocycles. The number of amides is 1. The largest absolute Gasteiger partial charge is 0.477 e. The molecule has 0 bridgehead atoms. The summed E-state index contributed by atoms with van der Waals surface area (Å²) in [4.78, 5) is 27.3. The van der Waals surface area contributed by atoms with Crippen LogP contribution >= 0.6 is 11.3 Å². The number of rotatable bonds is 3. The number of thiazole rings is 1. The zero-order chi connectivity index (χ0) is 12.4. The van der Waals surface area contributed by atoms with Gasteiger partial charge >= 0.3 is 5.97 Å². The number of nitrogens with zero attached hydrogens (tertiary/aromatic N) is 3. The molecule has 2 rings (SSSR count). The molecule has 0 radical (unpaired) electrons. The van der Waals surface area contributed by atoms with Gasteiger partial charge in [0, 0.05) is 23.9 Å². The molecule has 1 amide bonds. The Bertz CT molecular complexity index is 495. The van der Waals surface area contributed by atoms with Crippen LogP contribution in [0.2, 0.25) is 0 Å². The fourth-order valence-corrected chi connectivity index (χ4v) is 2.28. The van der Waals surface area contributed by atoms with Crippen LogP contribution in [-0.4, -0.2) is 32.7 Å². The minimum absolute atomic E-state index is 0.0332. The van der Waals surface area contributed by atoms with E-state index in [2.05, 4.69) is 10.1 Å². The van der Waals surface area contributed by atoms with E-state index in [1.54, 1.807) is 6.20 Å². The molecule has 0 saturated carbocycles. The number of carbonyl (C=O) groups excluding carboxylic acids is 1. The molecule has 1 aliphatic rings. The Balaban J connectivity index is 2.15. The van der Waals surface area contributed by atoms with E-state index < -0.39 is 5.97 Å². The van der Waals surface area contributed by atoms with Gasteiger partial charge in [-0.2, -0.15) is 5.10 Å². The molecule has 17 heavy (non-hydrogen) atoms. The Morgan fingerprint density at radius 3 is 2.94 bits per heavy atom. The molecule has 1 N–H and O–H groups in total. The van der Waals surface area contributed by atoms with E-state index in [9.17, 15) is 9.59 Å². The van der Waals surface area contributed by atoms with Crippen LogP contribution in [0.4, 0.5) is 0 Å². The number of aromatic nitrogens is 1. The SMILES string of the molecule is Cc1ncc(CN2N=C(C(=O)O)CCC2=O)s1.